The van der Waals surface area contributed by atoms with E-state index in [2.05, 4.69) is 5.32 Å². The Morgan fingerprint density at radius 1 is 1.20 bits per heavy atom. The minimum absolute atomic E-state index is 0.0938. The van der Waals surface area contributed by atoms with E-state index < -0.39 is 5.82 Å². The van der Waals surface area contributed by atoms with Crippen LogP contribution in [0.3, 0.4) is 0 Å². The summed E-state index contributed by atoms with van der Waals surface area (Å²) in [5, 5.41) is 2.60. The lowest BCUT2D eigenvalue weighted by atomic mass is 9.96. The second kappa shape index (κ2) is 7.82. The van der Waals surface area contributed by atoms with Crippen LogP contribution in [0.5, 0.6) is 0 Å². The fourth-order valence-corrected chi connectivity index (χ4v) is 3.73. The first-order valence-corrected chi connectivity index (χ1v) is 8.91. The Balaban J connectivity index is 1.61. The highest BCUT2D eigenvalue weighted by molar-refractivity contribution is 5.90. The SMILES string of the molecule is NCC1CCCN1C(=O)C1CCCN(C(=O)Nc2ccccc2F)C1. The highest BCUT2D eigenvalue weighted by Gasteiger charge is 2.35. The van der Waals surface area contributed by atoms with Gasteiger partial charge in [-0.1, -0.05) is 12.1 Å². The number of amides is 3. The molecule has 0 bridgehead atoms. The number of para-hydroxylation sites is 1. The van der Waals surface area contributed by atoms with Crippen LogP contribution in [0, 0.1) is 11.7 Å². The van der Waals surface area contributed by atoms with Crippen LogP contribution in [-0.2, 0) is 4.79 Å². The van der Waals surface area contributed by atoms with Gasteiger partial charge in [0.2, 0.25) is 5.91 Å². The van der Waals surface area contributed by atoms with Crippen molar-refractivity contribution in [2.75, 3.05) is 31.5 Å². The summed E-state index contributed by atoms with van der Waals surface area (Å²) >= 11 is 0. The summed E-state index contributed by atoms with van der Waals surface area (Å²) in [5.41, 5.74) is 5.92. The number of hydrogen-bond acceptors (Lipinski definition) is 3. The summed E-state index contributed by atoms with van der Waals surface area (Å²) in [6.07, 6.45) is 3.47. The molecule has 2 saturated heterocycles. The molecule has 0 aromatic heterocycles. The molecule has 0 saturated carbocycles. The molecule has 1 aromatic rings. The number of urea groups is 1. The molecule has 0 aliphatic carbocycles. The van der Waals surface area contributed by atoms with E-state index in [1.54, 1.807) is 17.0 Å². The number of likely N-dealkylation sites (tertiary alicyclic amines) is 2. The summed E-state index contributed by atoms with van der Waals surface area (Å²) in [7, 11) is 0. The van der Waals surface area contributed by atoms with Gasteiger partial charge in [-0.2, -0.15) is 0 Å². The Morgan fingerprint density at radius 2 is 1.96 bits per heavy atom. The number of anilines is 1. The highest BCUT2D eigenvalue weighted by atomic mass is 19.1. The Kier molecular flexibility index (Phi) is 5.53. The maximum atomic E-state index is 13.7. The first-order valence-electron chi connectivity index (χ1n) is 8.91. The van der Waals surface area contributed by atoms with E-state index in [9.17, 15) is 14.0 Å². The second-order valence-electron chi connectivity index (χ2n) is 6.76. The maximum absolute atomic E-state index is 13.7. The zero-order chi connectivity index (χ0) is 17.8. The van der Waals surface area contributed by atoms with Crippen LogP contribution < -0.4 is 11.1 Å². The number of nitrogens with two attached hydrogens (primary N) is 1. The molecule has 2 fully saturated rings. The van der Waals surface area contributed by atoms with Crippen molar-refractivity contribution in [2.24, 2.45) is 11.7 Å². The van der Waals surface area contributed by atoms with Gasteiger partial charge in [0, 0.05) is 32.2 Å². The smallest absolute Gasteiger partial charge is 0.321 e. The Hall–Kier alpha value is -2.15. The highest BCUT2D eigenvalue weighted by Crippen LogP contribution is 2.25. The third-order valence-corrected chi connectivity index (χ3v) is 5.11. The van der Waals surface area contributed by atoms with Gasteiger partial charge in [-0.15, -0.1) is 0 Å². The van der Waals surface area contributed by atoms with Crippen LogP contribution in [0.25, 0.3) is 0 Å². The summed E-state index contributed by atoms with van der Waals surface area (Å²) in [5.74, 6) is -0.577. The van der Waals surface area contributed by atoms with Gasteiger partial charge in [0.1, 0.15) is 5.82 Å². The molecule has 6 nitrogen and oxygen atoms in total. The molecule has 2 atom stereocenters. The number of rotatable bonds is 3. The quantitative estimate of drug-likeness (QED) is 0.877. The number of piperidine rings is 1. The lowest BCUT2D eigenvalue weighted by Gasteiger charge is -2.35. The first kappa shape index (κ1) is 17.7. The van der Waals surface area contributed by atoms with Gasteiger partial charge in [0.25, 0.3) is 0 Å². The van der Waals surface area contributed by atoms with E-state index in [1.807, 2.05) is 4.90 Å². The van der Waals surface area contributed by atoms with Crippen molar-refractivity contribution >= 4 is 17.6 Å². The molecule has 0 radical (unpaired) electrons. The number of nitrogens with zero attached hydrogens (tertiary/aromatic N) is 2. The van der Waals surface area contributed by atoms with Crippen LogP contribution in [0.1, 0.15) is 25.7 Å². The number of carbonyl (C=O) groups excluding carboxylic acids is 2. The molecular formula is C18H25FN4O2. The molecule has 1 aromatic carbocycles. The van der Waals surface area contributed by atoms with E-state index in [-0.39, 0.29) is 29.6 Å². The Labute approximate surface area is 147 Å². The second-order valence-corrected chi connectivity index (χ2v) is 6.76. The summed E-state index contributed by atoms with van der Waals surface area (Å²) < 4.78 is 13.7. The molecule has 2 aliphatic heterocycles. The van der Waals surface area contributed by atoms with E-state index >= 15 is 0 Å². The summed E-state index contributed by atoms with van der Waals surface area (Å²) in [6.45, 7) is 2.17. The van der Waals surface area contributed by atoms with Gasteiger partial charge in [0.15, 0.2) is 0 Å². The maximum Gasteiger partial charge on any atom is 0.321 e. The van der Waals surface area contributed by atoms with Gasteiger partial charge in [0.05, 0.1) is 11.6 Å². The molecule has 2 heterocycles. The van der Waals surface area contributed by atoms with Crippen molar-refractivity contribution in [1.29, 1.82) is 0 Å². The number of benzene rings is 1. The van der Waals surface area contributed by atoms with E-state index in [0.717, 1.165) is 32.2 Å². The molecule has 3 amide bonds. The largest absolute Gasteiger partial charge is 0.338 e. The number of halogens is 1. The fraction of sp³-hybridized carbons (Fsp3) is 0.556. The van der Waals surface area contributed by atoms with Crippen molar-refractivity contribution in [3.63, 3.8) is 0 Å². The topological polar surface area (TPSA) is 78.7 Å². The standard InChI is InChI=1S/C18H25FN4O2/c19-15-7-1-2-8-16(15)21-18(25)22-9-3-5-13(12-22)17(24)23-10-4-6-14(23)11-20/h1-2,7-8,13-14H,3-6,9-12,20H2,(H,21,25). The normalized spacial score (nSPS) is 23.6. The van der Waals surface area contributed by atoms with Crippen LogP contribution in [0.4, 0.5) is 14.9 Å². The number of carbonyl (C=O) groups is 2. The monoisotopic (exact) mass is 348 g/mol. The van der Waals surface area contributed by atoms with Crippen molar-refractivity contribution in [3.8, 4) is 0 Å². The van der Waals surface area contributed by atoms with Gasteiger partial charge in [-0.3, -0.25) is 4.79 Å². The third-order valence-electron chi connectivity index (χ3n) is 5.11. The van der Waals surface area contributed by atoms with Crippen LogP contribution in [-0.4, -0.2) is 54.0 Å². The lowest BCUT2D eigenvalue weighted by Crippen LogP contribution is -2.50. The Bertz CT molecular complexity index is 639. The lowest BCUT2D eigenvalue weighted by molar-refractivity contribution is -0.137. The van der Waals surface area contributed by atoms with Gasteiger partial charge < -0.3 is 20.9 Å². The number of nitrogens with one attached hydrogen (secondary N) is 1. The fourth-order valence-electron chi connectivity index (χ4n) is 3.73. The van der Waals surface area contributed by atoms with Crippen molar-refractivity contribution in [1.82, 2.24) is 9.80 Å². The molecule has 25 heavy (non-hydrogen) atoms. The summed E-state index contributed by atoms with van der Waals surface area (Å²) in [6, 6.07) is 5.83. The first-order chi connectivity index (χ1) is 12.1. The molecule has 3 N–H and O–H groups in total. The molecule has 7 heteroatoms. The minimum atomic E-state index is -0.469. The van der Waals surface area contributed by atoms with Crippen molar-refractivity contribution < 1.29 is 14.0 Å². The summed E-state index contributed by atoms with van der Waals surface area (Å²) in [4.78, 5) is 28.7. The van der Waals surface area contributed by atoms with E-state index in [1.165, 1.54) is 12.1 Å². The zero-order valence-electron chi connectivity index (χ0n) is 14.3. The molecule has 136 valence electrons. The molecule has 2 unspecified atom stereocenters. The third kappa shape index (κ3) is 3.92. The van der Waals surface area contributed by atoms with Gasteiger partial charge in [-0.25, -0.2) is 9.18 Å². The molecule has 3 rings (SSSR count). The van der Waals surface area contributed by atoms with Crippen LogP contribution in [0.15, 0.2) is 24.3 Å². The average Bonchev–Trinajstić information content (AvgIpc) is 3.12. The Morgan fingerprint density at radius 3 is 2.72 bits per heavy atom. The molecule has 0 spiro atoms. The predicted molar refractivity (Wildman–Crippen MR) is 93.5 cm³/mol. The molecule has 2 aliphatic rings. The molecular weight excluding hydrogens is 323 g/mol. The average molecular weight is 348 g/mol. The number of hydrogen-bond donors (Lipinski definition) is 2. The van der Waals surface area contributed by atoms with Gasteiger partial charge >= 0.3 is 6.03 Å². The van der Waals surface area contributed by atoms with E-state index in [4.69, 9.17) is 5.73 Å². The van der Waals surface area contributed by atoms with Crippen LogP contribution >= 0.6 is 0 Å². The minimum Gasteiger partial charge on any atom is -0.338 e. The predicted octanol–water partition coefficient (Wildman–Crippen LogP) is 2.02. The van der Waals surface area contributed by atoms with E-state index in [0.29, 0.717) is 19.6 Å². The van der Waals surface area contributed by atoms with Crippen molar-refractivity contribution in [2.45, 2.75) is 31.7 Å². The van der Waals surface area contributed by atoms with Crippen molar-refractivity contribution in [3.05, 3.63) is 30.1 Å². The zero-order valence-corrected chi connectivity index (χ0v) is 14.3. The van der Waals surface area contributed by atoms with Crippen LogP contribution in [0.2, 0.25) is 0 Å². The van der Waals surface area contributed by atoms with Gasteiger partial charge in [-0.05, 0) is 37.8 Å².